The van der Waals surface area contributed by atoms with Crippen LogP contribution in [0.1, 0.15) is 18.5 Å². The van der Waals surface area contributed by atoms with Gasteiger partial charge in [0.25, 0.3) is 5.91 Å². The molecule has 0 radical (unpaired) electrons. The van der Waals surface area contributed by atoms with Gasteiger partial charge in [-0.05, 0) is 42.0 Å². The highest BCUT2D eigenvalue weighted by molar-refractivity contribution is 6.36. The molecule has 7 nitrogen and oxygen atoms in total. The van der Waals surface area contributed by atoms with Gasteiger partial charge in [0.05, 0.1) is 22.4 Å². The van der Waals surface area contributed by atoms with E-state index in [0.717, 1.165) is 16.2 Å². The third kappa shape index (κ3) is 3.65. The Morgan fingerprint density at radius 2 is 1.58 bits per heavy atom. The first-order chi connectivity index (χ1) is 16.0. The maximum Gasteiger partial charge on any atom is 0.266 e. The van der Waals surface area contributed by atoms with Crippen LogP contribution >= 0.6 is 11.6 Å². The summed E-state index contributed by atoms with van der Waals surface area (Å²) in [7, 11) is 0. The summed E-state index contributed by atoms with van der Waals surface area (Å²) in [5.74, 6) is -1.76. The average Bonchev–Trinajstić information content (AvgIpc) is 3.31. The van der Waals surface area contributed by atoms with Crippen LogP contribution in [0.3, 0.4) is 0 Å². The molecular formula is C25H20ClN3O4. The van der Waals surface area contributed by atoms with Gasteiger partial charge in [-0.1, -0.05) is 54.1 Å². The lowest BCUT2D eigenvalue weighted by Crippen LogP contribution is -2.37. The predicted molar refractivity (Wildman–Crippen MR) is 125 cm³/mol. The Balaban J connectivity index is 1.56. The van der Waals surface area contributed by atoms with E-state index >= 15 is 0 Å². The number of rotatable bonds is 4. The van der Waals surface area contributed by atoms with Gasteiger partial charge in [0.15, 0.2) is 6.10 Å². The summed E-state index contributed by atoms with van der Waals surface area (Å²) in [6.45, 7) is 1.44. The van der Waals surface area contributed by atoms with Crippen molar-refractivity contribution < 1.29 is 19.2 Å². The Labute approximate surface area is 195 Å². The molecule has 1 N–H and O–H groups in total. The summed E-state index contributed by atoms with van der Waals surface area (Å²) in [6.07, 6.45) is -0.978. The number of hydroxylamine groups is 1. The SMILES string of the molecule is CC(=O)Nc1ccc([C@@H]2[C@H]3C(=O)N(c4ccccc4Cl)C(=O)[C@@H]3ON2c2ccccc2)cc1. The van der Waals surface area contributed by atoms with Gasteiger partial charge in [-0.2, -0.15) is 0 Å². The van der Waals surface area contributed by atoms with Crippen molar-refractivity contribution >= 4 is 46.4 Å². The van der Waals surface area contributed by atoms with E-state index in [1.807, 2.05) is 42.5 Å². The van der Waals surface area contributed by atoms with Crippen molar-refractivity contribution in [1.82, 2.24) is 0 Å². The second kappa shape index (κ2) is 8.35. The number of carbonyl (C=O) groups is 3. The Bertz CT molecular complexity index is 1230. The fraction of sp³-hybridized carbons (Fsp3) is 0.160. The second-order valence-electron chi connectivity index (χ2n) is 7.92. The first-order valence-electron chi connectivity index (χ1n) is 10.5. The molecule has 2 aliphatic heterocycles. The fourth-order valence-electron chi connectivity index (χ4n) is 4.39. The lowest BCUT2D eigenvalue weighted by molar-refractivity contribution is -0.126. The number of benzene rings is 3. The number of hydrogen-bond acceptors (Lipinski definition) is 5. The van der Waals surface area contributed by atoms with E-state index in [9.17, 15) is 14.4 Å². The van der Waals surface area contributed by atoms with Crippen molar-refractivity contribution in [2.75, 3.05) is 15.3 Å². The molecule has 0 saturated carbocycles. The molecule has 33 heavy (non-hydrogen) atoms. The van der Waals surface area contributed by atoms with Crippen LogP contribution in [0.2, 0.25) is 5.02 Å². The number of hydrogen-bond donors (Lipinski definition) is 1. The minimum Gasteiger partial charge on any atom is -0.326 e. The van der Waals surface area contributed by atoms with Crippen LogP contribution in [0.15, 0.2) is 78.9 Å². The minimum atomic E-state index is -0.978. The summed E-state index contributed by atoms with van der Waals surface area (Å²) in [4.78, 5) is 45.6. The van der Waals surface area contributed by atoms with Crippen LogP contribution < -0.4 is 15.3 Å². The van der Waals surface area contributed by atoms with Crippen molar-refractivity contribution in [3.8, 4) is 0 Å². The lowest BCUT2D eigenvalue weighted by atomic mass is 9.90. The molecule has 3 aromatic carbocycles. The first kappa shape index (κ1) is 21.2. The van der Waals surface area contributed by atoms with Crippen molar-refractivity contribution in [2.24, 2.45) is 5.92 Å². The molecule has 166 valence electrons. The normalized spacial score (nSPS) is 21.9. The monoisotopic (exact) mass is 461 g/mol. The molecule has 0 aliphatic carbocycles. The number of fused-ring (bicyclic) bond motifs is 1. The molecule has 5 rings (SSSR count). The van der Waals surface area contributed by atoms with Gasteiger partial charge in [0.1, 0.15) is 5.92 Å². The van der Waals surface area contributed by atoms with E-state index in [0.29, 0.717) is 16.4 Å². The molecule has 3 atom stereocenters. The van der Waals surface area contributed by atoms with E-state index in [2.05, 4.69) is 5.32 Å². The molecule has 2 fully saturated rings. The highest BCUT2D eigenvalue weighted by atomic mass is 35.5. The van der Waals surface area contributed by atoms with Crippen LogP contribution in [-0.2, 0) is 19.2 Å². The smallest absolute Gasteiger partial charge is 0.266 e. The third-order valence-corrected chi connectivity index (χ3v) is 6.11. The number of halogens is 1. The maximum atomic E-state index is 13.6. The molecular weight excluding hydrogens is 442 g/mol. The van der Waals surface area contributed by atoms with Crippen LogP contribution in [0.5, 0.6) is 0 Å². The highest BCUT2D eigenvalue weighted by Gasteiger charge is 2.60. The quantitative estimate of drug-likeness (QED) is 0.584. The average molecular weight is 462 g/mol. The molecule has 0 spiro atoms. The molecule has 2 aliphatic rings. The number of para-hydroxylation sites is 2. The molecule has 3 aromatic rings. The number of amides is 3. The number of nitrogens with one attached hydrogen (secondary N) is 1. The van der Waals surface area contributed by atoms with Gasteiger partial charge in [-0.25, -0.2) is 9.96 Å². The minimum absolute atomic E-state index is 0.176. The Kier molecular flexibility index (Phi) is 5.36. The van der Waals surface area contributed by atoms with Crippen molar-refractivity contribution in [2.45, 2.75) is 19.1 Å². The number of nitrogens with zero attached hydrogens (tertiary/aromatic N) is 2. The van der Waals surface area contributed by atoms with Gasteiger partial charge >= 0.3 is 0 Å². The van der Waals surface area contributed by atoms with Crippen LogP contribution in [0, 0.1) is 5.92 Å². The summed E-state index contributed by atoms with van der Waals surface area (Å²) < 4.78 is 0. The zero-order valence-corrected chi connectivity index (χ0v) is 18.4. The van der Waals surface area contributed by atoms with E-state index in [4.69, 9.17) is 16.4 Å². The van der Waals surface area contributed by atoms with Gasteiger partial charge in [-0.3, -0.25) is 19.2 Å². The summed E-state index contributed by atoms with van der Waals surface area (Å²) in [5, 5.41) is 4.68. The lowest BCUT2D eigenvalue weighted by Gasteiger charge is -2.29. The highest BCUT2D eigenvalue weighted by Crippen LogP contribution is 2.48. The molecule has 2 saturated heterocycles. The van der Waals surface area contributed by atoms with Crippen LogP contribution in [0.4, 0.5) is 17.1 Å². The van der Waals surface area contributed by atoms with E-state index in [1.165, 1.54) is 6.92 Å². The standard InChI is InChI=1S/C25H20ClN3O4/c1-15(30)27-17-13-11-16(12-14-17)22-21-23(33-29(22)18-7-3-2-4-8-18)25(32)28(24(21)31)20-10-6-5-9-19(20)26/h2-14,21-23H,1H3,(H,27,30)/t21-,22-,23-/m1/s1. The zero-order valence-electron chi connectivity index (χ0n) is 17.6. The molecule has 8 heteroatoms. The number of carbonyl (C=O) groups excluding carboxylic acids is 3. The number of imide groups is 1. The fourth-order valence-corrected chi connectivity index (χ4v) is 4.61. The summed E-state index contributed by atoms with van der Waals surface area (Å²) in [5.41, 5.74) is 2.49. The number of anilines is 3. The van der Waals surface area contributed by atoms with Gasteiger partial charge in [0.2, 0.25) is 11.8 Å². The Hall–Kier alpha value is -3.68. The predicted octanol–water partition coefficient (Wildman–Crippen LogP) is 4.35. The van der Waals surface area contributed by atoms with Crippen molar-refractivity contribution in [3.05, 3.63) is 89.4 Å². The van der Waals surface area contributed by atoms with Crippen LogP contribution in [-0.4, -0.2) is 23.8 Å². The summed E-state index contributed by atoms with van der Waals surface area (Å²) in [6, 6.07) is 22.7. The Morgan fingerprint density at radius 3 is 2.24 bits per heavy atom. The van der Waals surface area contributed by atoms with Gasteiger partial charge in [0, 0.05) is 12.6 Å². The molecule has 3 amide bonds. The zero-order chi connectivity index (χ0) is 23.1. The third-order valence-electron chi connectivity index (χ3n) is 5.79. The molecule has 0 bridgehead atoms. The van der Waals surface area contributed by atoms with E-state index in [1.54, 1.807) is 41.5 Å². The largest absolute Gasteiger partial charge is 0.326 e. The second-order valence-corrected chi connectivity index (χ2v) is 8.33. The van der Waals surface area contributed by atoms with E-state index < -0.39 is 24.0 Å². The van der Waals surface area contributed by atoms with Gasteiger partial charge in [-0.15, -0.1) is 0 Å². The van der Waals surface area contributed by atoms with Crippen molar-refractivity contribution in [1.29, 1.82) is 0 Å². The summed E-state index contributed by atoms with van der Waals surface area (Å²) >= 11 is 6.30. The van der Waals surface area contributed by atoms with Crippen LogP contribution in [0.25, 0.3) is 0 Å². The molecule has 0 unspecified atom stereocenters. The van der Waals surface area contributed by atoms with Crippen molar-refractivity contribution in [3.63, 3.8) is 0 Å². The molecule has 0 aromatic heterocycles. The van der Waals surface area contributed by atoms with Gasteiger partial charge < -0.3 is 5.32 Å². The topological polar surface area (TPSA) is 79.0 Å². The molecule has 2 heterocycles. The first-order valence-corrected chi connectivity index (χ1v) is 10.8. The Morgan fingerprint density at radius 1 is 0.909 bits per heavy atom. The maximum absolute atomic E-state index is 13.6. The van der Waals surface area contributed by atoms with E-state index in [-0.39, 0.29) is 11.8 Å².